The fourth-order valence-electron chi connectivity index (χ4n) is 4.48. The van der Waals surface area contributed by atoms with E-state index in [0.29, 0.717) is 51.0 Å². The van der Waals surface area contributed by atoms with E-state index >= 15 is 0 Å². The van der Waals surface area contributed by atoms with Gasteiger partial charge in [0.2, 0.25) is 0 Å². The van der Waals surface area contributed by atoms with Gasteiger partial charge in [0.15, 0.2) is 0 Å². The monoisotopic (exact) mass is 440 g/mol. The third-order valence-corrected chi connectivity index (χ3v) is 6.10. The number of carbonyl (C=O) groups excluding carboxylic acids is 2. The number of esters is 2. The molecule has 1 saturated heterocycles. The summed E-state index contributed by atoms with van der Waals surface area (Å²) in [5.41, 5.74) is 2.36. The normalized spacial score (nSPS) is 18.7. The molecular formula is C27H20O6. The number of benzene rings is 3. The highest BCUT2D eigenvalue weighted by atomic mass is 16.5. The van der Waals surface area contributed by atoms with Crippen molar-refractivity contribution in [3.05, 3.63) is 88.3 Å². The van der Waals surface area contributed by atoms with Crippen LogP contribution in [0.15, 0.2) is 66.7 Å². The largest absolute Gasteiger partial charge is 0.491 e. The number of fused-ring (bicyclic) bond motifs is 2. The Kier molecular flexibility index (Phi) is 4.73. The zero-order valence-corrected chi connectivity index (χ0v) is 17.7. The summed E-state index contributed by atoms with van der Waals surface area (Å²) < 4.78 is 22.5. The SMILES string of the molecule is O=C1Oc2cc3c(cc2=C1c1ccccc1)OC(=O)C=3c1ccc(OCC2CCCO2)cc1. The van der Waals surface area contributed by atoms with Crippen LogP contribution in [0.2, 0.25) is 0 Å². The molecule has 3 aromatic rings. The zero-order valence-electron chi connectivity index (χ0n) is 17.7. The van der Waals surface area contributed by atoms with E-state index in [-0.39, 0.29) is 6.10 Å². The lowest BCUT2D eigenvalue weighted by atomic mass is 10.0. The Balaban J connectivity index is 1.37. The number of hydrogen-bond donors (Lipinski definition) is 0. The van der Waals surface area contributed by atoms with Crippen LogP contribution in [0.4, 0.5) is 0 Å². The smallest absolute Gasteiger partial charge is 0.344 e. The second-order valence-corrected chi connectivity index (χ2v) is 8.21. The van der Waals surface area contributed by atoms with E-state index in [4.69, 9.17) is 18.9 Å². The predicted molar refractivity (Wildman–Crippen MR) is 119 cm³/mol. The average molecular weight is 440 g/mol. The lowest BCUT2D eigenvalue weighted by molar-refractivity contribution is -0.128. The minimum absolute atomic E-state index is 0.137. The Morgan fingerprint density at radius 1 is 0.788 bits per heavy atom. The highest BCUT2D eigenvalue weighted by molar-refractivity contribution is 6.21. The molecule has 0 bridgehead atoms. The van der Waals surface area contributed by atoms with Crippen LogP contribution < -0.4 is 24.6 Å². The standard InChI is InChI=1S/C27H20O6/c28-26-24(16-5-2-1-3-6-16)20-13-23-21(14-22(20)32-26)25(27(29)33-23)17-8-10-18(11-9-17)31-15-19-7-4-12-30-19/h1-3,5-6,8-11,13-14,19H,4,7,12,15H2. The van der Waals surface area contributed by atoms with Crippen molar-refractivity contribution in [1.82, 2.24) is 0 Å². The van der Waals surface area contributed by atoms with Crippen molar-refractivity contribution in [2.45, 2.75) is 18.9 Å². The van der Waals surface area contributed by atoms with Gasteiger partial charge in [-0.2, -0.15) is 0 Å². The van der Waals surface area contributed by atoms with E-state index in [1.807, 2.05) is 54.6 Å². The molecule has 1 atom stereocenters. The van der Waals surface area contributed by atoms with E-state index < -0.39 is 11.9 Å². The van der Waals surface area contributed by atoms with Gasteiger partial charge in [0.25, 0.3) is 0 Å². The van der Waals surface area contributed by atoms with Gasteiger partial charge >= 0.3 is 11.9 Å². The maximum absolute atomic E-state index is 12.7. The van der Waals surface area contributed by atoms with Crippen molar-refractivity contribution >= 4 is 23.1 Å². The first-order valence-corrected chi connectivity index (χ1v) is 10.9. The Hall–Kier alpha value is -3.90. The quantitative estimate of drug-likeness (QED) is 0.449. The molecule has 0 amide bonds. The maximum Gasteiger partial charge on any atom is 0.344 e. The van der Waals surface area contributed by atoms with Crippen molar-refractivity contribution in [3.8, 4) is 17.2 Å². The average Bonchev–Trinajstić information content (AvgIpc) is 3.53. The molecular weight excluding hydrogens is 420 g/mol. The first-order valence-electron chi connectivity index (χ1n) is 10.9. The molecule has 164 valence electrons. The van der Waals surface area contributed by atoms with Gasteiger partial charge in [-0.1, -0.05) is 42.5 Å². The van der Waals surface area contributed by atoms with Crippen molar-refractivity contribution in [2.75, 3.05) is 13.2 Å². The Bertz CT molecular complexity index is 1380. The molecule has 0 saturated carbocycles. The summed E-state index contributed by atoms with van der Waals surface area (Å²) in [4.78, 5) is 25.3. The molecule has 1 fully saturated rings. The molecule has 3 aliphatic heterocycles. The summed E-state index contributed by atoms with van der Waals surface area (Å²) in [5, 5.41) is 1.23. The topological polar surface area (TPSA) is 71.1 Å². The van der Waals surface area contributed by atoms with Crippen molar-refractivity contribution in [1.29, 1.82) is 0 Å². The van der Waals surface area contributed by atoms with E-state index in [1.54, 1.807) is 12.1 Å². The molecule has 1 unspecified atom stereocenters. The van der Waals surface area contributed by atoms with Gasteiger partial charge in [-0.15, -0.1) is 0 Å². The van der Waals surface area contributed by atoms with Gasteiger partial charge < -0.3 is 18.9 Å². The van der Waals surface area contributed by atoms with Gasteiger partial charge in [0.1, 0.15) is 23.9 Å². The van der Waals surface area contributed by atoms with Crippen LogP contribution in [0.25, 0.3) is 11.1 Å². The number of rotatable bonds is 5. The Morgan fingerprint density at radius 2 is 1.39 bits per heavy atom. The molecule has 6 nitrogen and oxygen atoms in total. The maximum atomic E-state index is 12.7. The van der Waals surface area contributed by atoms with E-state index in [2.05, 4.69) is 0 Å². The van der Waals surface area contributed by atoms with E-state index in [0.717, 1.165) is 25.0 Å². The molecule has 3 aromatic carbocycles. The Morgan fingerprint density at radius 3 is 1.97 bits per heavy atom. The highest BCUT2D eigenvalue weighted by Crippen LogP contribution is 2.28. The fourth-order valence-corrected chi connectivity index (χ4v) is 4.48. The molecule has 33 heavy (non-hydrogen) atoms. The van der Waals surface area contributed by atoms with Crippen LogP contribution in [-0.4, -0.2) is 31.3 Å². The van der Waals surface area contributed by atoms with Crippen molar-refractivity contribution < 1.29 is 28.5 Å². The third kappa shape index (κ3) is 3.49. The number of ether oxygens (including phenoxy) is 4. The number of hydrogen-bond acceptors (Lipinski definition) is 6. The Labute approximate surface area is 189 Å². The zero-order chi connectivity index (χ0) is 22.4. The molecule has 3 heterocycles. The fraction of sp³-hybridized carbons (Fsp3) is 0.185. The predicted octanol–water partition coefficient (Wildman–Crippen LogP) is 2.48. The van der Waals surface area contributed by atoms with Gasteiger partial charge in [-0.3, -0.25) is 0 Å². The summed E-state index contributed by atoms with van der Waals surface area (Å²) in [6, 6.07) is 20.1. The second-order valence-electron chi connectivity index (χ2n) is 8.21. The molecule has 0 aliphatic carbocycles. The summed E-state index contributed by atoms with van der Waals surface area (Å²) in [6.45, 7) is 1.30. The van der Waals surface area contributed by atoms with Crippen LogP contribution in [0.3, 0.4) is 0 Å². The van der Waals surface area contributed by atoms with Crippen LogP contribution >= 0.6 is 0 Å². The van der Waals surface area contributed by atoms with Gasteiger partial charge in [0, 0.05) is 17.0 Å². The summed E-state index contributed by atoms with van der Waals surface area (Å²) in [5.74, 6) is 0.699. The first-order chi connectivity index (χ1) is 16.2. The molecule has 3 aliphatic rings. The third-order valence-electron chi connectivity index (χ3n) is 6.10. The molecule has 0 radical (unpaired) electrons. The highest BCUT2D eigenvalue weighted by Gasteiger charge is 2.30. The van der Waals surface area contributed by atoms with Crippen molar-refractivity contribution in [2.24, 2.45) is 0 Å². The summed E-state index contributed by atoms with van der Waals surface area (Å²) in [6.07, 6.45) is 2.21. The molecule has 6 heteroatoms. The van der Waals surface area contributed by atoms with Crippen LogP contribution in [0, 0.1) is 0 Å². The van der Waals surface area contributed by atoms with E-state index in [1.165, 1.54) is 0 Å². The molecule has 6 rings (SSSR count). The van der Waals surface area contributed by atoms with Crippen LogP contribution in [0.5, 0.6) is 17.2 Å². The summed E-state index contributed by atoms with van der Waals surface area (Å²) >= 11 is 0. The van der Waals surface area contributed by atoms with Crippen molar-refractivity contribution in [3.63, 3.8) is 0 Å². The van der Waals surface area contributed by atoms with E-state index in [9.17, 15) is 9.59 Å². The van der Waals surface area contributed by atoms with Gasteiger partial charge in [-0.05, 0) is 48.2 Å². The molecule has 0 spiro atoms. The number of carbonyl (C=O) groups is 2. The minimum Gasteiger partial charge on any atom is -0.491 e. The second kappa shape index (κ2) is 7.90. The van der Waals surface area contributed by atoms with Crippen LogP contribution in [0.1, 0.15) is 24.0 Å². The lowest BCUT2D eigenvalue weighted by Crippen LogP contribution is -2.16. The lowest BCUT2D eigenvalue weighted by Gasteiger charge is -2.11. The van der Waals surface area contributed by atoms with Crippen LogP contribution in [-0.2, 0) is 14.3 Å². The minimum atomic E-state index is -0.436. The van der Waals surface area contributed by atoms with Gasteiger partial charge in [0.05, 0.1) is 17.3 Å². The molecule has 0 N–H and O–H groups in total. The summed E-state index contributed by atoms with van der Waals surface area (Å²) in [7, 11) is 0. The first kappa shape index (κ1) is 19.8. The molecule has 0 aromatic heterocycles. The van der Waals surface area contributed by atoms with Gasteiger partial charge in [-0.25, -0.2) is 9.59 Å².